The van der Waals surface area contributed by atoms with Crippen molar-refractivity contribution in [1.82, 2.24) is 14.6 Å². The maximum Gasteiger partial charge on any atom is 0.280 e. The smallest absolute Gasteiger partial charge is 0.227 e. The third kappa shape index (κ3) is 1.03. The van der Waals surface area contributed by atoms with Crippen molar-refractivity contribution in [2.75, 3.05) is 0 Å². The molecule has 2 aromatic heterocycles. The summed E-state index contributed by atoms with van der Waals surface area (Å²) in [5.74, 6) is 0. The van der Waals surface area contributed by atoms with Crippen LogP contribution in [0.4, 0.5) is 8.78 Å². The van der Waals surface area contributed by atoms with Crippen LogP contribution in [0.15, 0.2) is 18.5 Å². The summed E-state index contributed by atoms with van der Waals surface area (Å²) in [7, 11) is 0. The second-order valence-electron chi connectivity index (χ2n) is 2.21. The van der Waals surface area contributed by atoms with Crippen LogP contribution in [0.25, 0.3) is 5.65 Å². The number of hydrogen-bond donors (Lipinski definition) is 0. The van der Waals surface area contributed by atoms with E-state index in [-0.39, 0.29) is 5.69 Å². The Hall–Kier alpha value is -1.52. The highest BCUT2D eigenvalue weighted by molar-refractivity contribution is 5.34. The van der Waals surface area contributed by atoms with E-state index in [9.17, 15) is 8.78 Å². The van der Waals surface area contributed by atoms with Crippen molar-refractivity contribution >= 4 is 5.65 Å². The Morgan fingerprint density at radius 2 is 2.33 bits per heavy atom. The Morgan fingerprint density at radius 1 is 1.50 bits per heavy atom. The molecular weight excluding hydrogens is 164 g/mol. The molecule has 61 valence electrons. The predicted molar refractivity (Wildman–Crippen MR) is 36.8 cm³/mol. The van der Waals surface area contributed by atoms with Crippen molar-refractivity contribution in [3.05, 3.63) is 30.2 Å². The highest BCUT2D eigenvalue weighted by atomic mass is 19.3. The first-order valence-electron chi connectivity index (χ1n) is 3.27. The molecule has 2 rings (SSSR count). The quantitative estimate of drug-likeness (QED) is 0.645. The number of halogens is 2. The van der Waals surface area contributed by atoms with E-state index in [4.69, 9.17) is 0 Å². The van der Waals surface area contributed by atoms with E-state index < -0.39 is 6.43 Å². The van der Waals surface area contributed by atoms with E-state index in [1.807, 2.05) is 0 Å². The second-order valence-corrected chi connectivity index (χ2v) is 2.21. The summed E-state index contributed by atoms with van der Waals surface area (Å²) in [5.41, 5.74) is 0.0621. The molecule has 12 heavy (non-hydrogen) atoms. The minimum Gasteiger partial charge on any atom is -0.227 e. The lowest BCUT2D eigenvalue weighted by Gasteiger charge is -1.97. The molecule has 0 saturated carbocycles. The lowest BCUT2D eigenvalue weighted by Crippen LogP contribution is -1.94. The molecule has 2 heterocycles. The molecule has 0 aliphatic rings. The largest absolute Gasteiger partial charge is 0.280 e. The van der Waals surface area contributed by atoms with E-state index in [2.05, 4.69) is 16.1 Å². The average Bonchev–Trinajstić information content (AvgIpc) is 2.49. The summed E-state index contributed by atoms with van der Waals surface area (Å²) in [6.45, 7) is 0. The number of alkyl halides is 2. The van der Waals surface area contributed by atoms with Gasteiger partial charge in [0, 0.05) is 6.20 Å². The van der Waals surface area contributed by atoms with Gasteiger partial charge in [-0.3, -0.25) is 0 Å². The molecule has 2 aromatic rings. The first-order valence-corrected chi connectivity index (χ1v) is 3.27. The van der Waals surface area contributed by atoms with Crippen molar-refractivity contribution in [3.8, 4) is 0 Å². The van der Waals surface area contributed by atoms with Crippen molar-refractivity contribution < 1.29 is 8.78 Å². The van der Waals surface area contributed by atoms with Gasteiger partial charge in [-0.05, 0) is 6.07 Å². The van der Waals surface area contributed by atoms with E-state index in [0.29, 0.717) is 5.65 Å². The summed E-state index contributed by atoms with van der Waals surface area (Å²) in [4.78, 5) is 3.63. The first-order chi connectivity index (χ1) is 5.77. The molecule has 0 saturated heterocycles. The normalized spacial score (nSPS) is 11.2. The molecule has 5 heteroatoms. The molecule has 0 fully saturated rings. The molecular formula is C7H4F2N3. The van der Waals surface area contributed by atoms with E-state index >= 15 is 0 Å². The van der Waals surface area contributed by atoms with Crippen molar-refractivity contribution in [1.29, 1.82) is 0 Å². The predicted octanol–water partition coefficient (Wildman–Crippen LogP) is 1.47. The number of hydrogen-bond acceptors (Lipinski definition) is 2. The van der Waals surface area contributed by atoms with Gasteiger partial charge < -0.3 is 0 Å². The van der Waals surface area contributed by atoms with Crippen LogP contribution < -0.4 is 0 Å². The lowest BCUT2D eigenvalue weighted by molar-refractivity contribution is 0.146. The number of rotatable bonds is 1. The van der Waals surface area contributed by atoms with Crippen LogP contribution in [0, 0.1) is 6.07 Å². The van der Waals surface area contributed by atoms with Gasteiger partial charge in [0.2, 0.25) is 0 Å². The van der Waals surface area contributed by atoms with Crippen LogP contribution in [0.3, 0.4) is 0 Å². The Balaban J connectivity index is 2.60. The summed E-state index contributed by atoms with van der Waals surface area (Å²) in [6, 6.07) is 3.86. The minimum absolute atomic E-state index is 0.251. The van der Waals surface area contributed by atoms with Gasteiger partial charge in [0.25, 0.3) is 6.43 Å². The van der Waals surface area contributed by atoms with E-state index in [1.165, 1.54) is 23.0 Å². The second kappa shape index (κ2) is 2.51. The maximum absolute atomic E-state index is 12.1. The molecule has 3 nitrogen and oxygen atoms in total. The minimum atomic E-state index is -2.54. The zero-order valence-electron chi connectivity index (χ0n) is 5.91. The molecule has 0 N–H and O–H groups in total. The summed E-state index contributed by atoms with van der Waals surface area (Å²) in [6.07, 6.45) is 0.274. The Labute approximate surface area is 66.7 Å². The van der Waals surface area contributed by atoms with Crippen molar-refractivity contribution in [3.63, 3.8) is 0 Å². The molecule has 0 aromatic carbocycles. The number of aromatic nitrogens is 3. The van der Waals surface area contributed by atoms with Gasteiger partial charge in [-0.2, -0.15) is 5.10 Å². The maximum atomic E-state index is 12.1. The molecule has 0 unspecified atom stereocenters. The standard InChI is InChI=1S/C7H4F2N3/c8-7(9)5-2-4-12-6(11-5)1-3-10-12/h2-4,7H. The zero-order valence-corrected chi connectivity index (χ0v) is 5.91. The van der Waals surface area contributed by atoms with Crippen LogP contribution in [0.1, 0.15) is 12.1 Å². The first kappa shape index (κ1) is 7.15. The number of nitrogens with zero attached hydrogens (tertiary/aromatic N) is 3. The van der Waals surface area contributed by atoms with Crippen LogP contribution in [0.5, 0.6) is 0 Å². The summed E-state index contributed by atoms with van der Waals surface area (Å²) < 4.78 is 25.6. The fraction of sp³-hybridized carbons (Fsp3) is 0.143. The topological polar surface area (TPSA) is 30.2 Å². The van der Waals surface area contributed by atoms with Gasteiger partial charge in [-0.1, -0.05) is 0 Å². The molecule has 0 aliphatic heterocycles. The fourth-order valence-electron chi connectivity index (χ4n) is 0.890. The molecule has 0 amide bonds. The Kier molecular flexibility index (Phi) is 1.49. The molecule has 1 radical (unpaired) electrons. The number of fused-ring (bicyclic) bond motifs is 1. The summed E-state index contributed by atoms with van der Waals surface area (Å²) in [5, 5.41) is 3.77. The van der Waals surface area contributed by atoms with Gasteiger partial charge in [0.15, 0.2) is 5.65 Å². The van der Waals surface area contributed by atoms with Crippen molar-refractivity contribution in [2.24, 2.45) is 0 Å². The van der Waals surface area contributed by atoms with Crippen LogP contribution in [-0.2, 0) is 0 Å². The fourth-order valence-corrected chi connectivity index (χ4v) is 0.890. The van der Waals surface area contributed by atoms with Gasteiger partial charge in [0.05, 0.1) is 12.3 Å². The third-order valence-electron chi connectivity index (χ3n) is 1.44. The van der Waals surface area contributed by atoms with Crippen LogP contribution in [0.2, 0.25) is 0 Å². The van der Waals surface area contributed by atoms with Gasteiger partial charge >= 0.3 is 0 Å². The average molecular weight is 168 g/mol. The summed E-state index contributed by atoms with van der Waals surface area (Å²) >= 11 is 0. The third-order valence-corrected chi connectivity index (χ3v) is 1.44. The molecule has 0 aliphatic carbocycles. The van der Waals surface area contributed by atoms with Gasteiger partial charge in [-0.15, -0.1) is 0 Å². The van der Waals surface area contributed by atoms with E-state index in [0.717, 1.165) is 0 Å². The van der Waals surface area contributed by atoms with E-state index in [1.54, 1.807) is 0 Å². The highest BCUT2D eigenvalue weighted by Crippen LogP contribution is 2.15. The SMILES string of the molecule is FC(F)c1ccn2nc[c]c2n1. The molecule has 0 atom stereocenters. The molecule has 0 spiro atoms. The Bertz CT molecular complexity index is 396. The monoisotopic (exact) mass is 168 g/mol. The van der Waals surface area contributed by atoms with Crippen LogP contribution >= 0.6 is 0 Å². The van der Waals surface area contributed by atoms with Crippen LogP contribution in [-0.4, -0.2) is 14.6 Å². The van der Waals surface area contributed by atoms with Gasteiger partial charge in [0.1, 0.15) is 5.69 Å². The van der Waals surface area contributed by atoms with Crippen molar-refractivity contribution in [2.45, 2.75) is 6.43 Å². The molecule has 0 bridgehead atoms. The Morgan fingerprint density at radius 3 is 3.08 bits per heavy atom. The highest BCUT2D eigenvalue weighted by Gasteiger charge is 2.08. The van der Waals surface area contributed by atoms with Gasteiger partial charge in [-0.25, -0.2) is 18.3 Å². The lowest BCUT2D eigenvalue weighted by atomic mass is 10.4. The zero-order chi connectivity index (χ0) is 8.55.